The Morgan fingerprint density at radius 3 is 2.50 bits per heavy atom. The second kappa shape index (κ2) is 9.29. The van der Waals surface area contributed by atoms with Crippen LogP contribution in [0.3, 0.4) is 0 Å². The maximum Gasteiger partial charge on any atom is 0.317 e. The van der Waals surface area contributed by atoms with E-state index in [2.05, 4.69) is 26.6 Å². The number of aliphatic carboxylic acids is 1. The maximum absolute atomic E-state index is 12.6. The fraction of sp³-hybridized carbons (Fsp3) is 0.824. The second-order valence-corrected chi connectivity index (χ2v) is 7.69. The molecule has 2 saturated heterocycles. The first-order valence-corrected chi connectivity index (χ1v) is 9.30. The van der Waals surface area contributed by atoms with Crippen LogP contribution in [0.4, 0.5) is 0 Å². The molecule has 0 aromatic heterocycles. The summed E-state index contributed by atoms with van der Waals surface area (Å²) in [6.07, 6.45) is 2.30. The van der Waals surface area contributed by atoms with Crippen molar-refractivity contribution in [1.29, 1.82) is 0 Å². The summed E-state index contributed by atoms with van der Waals surface area (Å²) in [6.45, 7) is 6.18. The molecule has 2 amide bonds. The number of amides is 2. The minimum Gasteiger partial charge on any atom is -0.480 e. The molecule has 9 nitrogen and oxygen atoms in total. The van der Waals surface area contributed by atoms with Gasteiger partial charge in [-0.3, -0.25) is 19.7 Å². The summed E-state index contributed by atoms with van der Waals surface area (Å²) in [5.41, 5.74) is -0.451. The molecule has 0 aromatic rings. The number of hydrogen-bond acceptors (Lipinski definition) is 6. The highest BCUT2D eigenvalue weighted by molar-refractivity contribution is 5.90. The number of carbonyl (C=O) groups excluding carboxylic acids is 2. The molecule has 2 fully saturated rings. The molecule has 2 rings (SSSR count). The van der Waals surface area contributed by atoms with Gasteiger partial charge in [0.1, 0.15) is 6.04 Å². The molecule has 2 aliphatic heterocycles. The van der Waals surface area contributed by atoms with Gasteiger partial charge in [0, 0.05) is 19.6 Å². The second-order valence-electron chi connectivity index (χ2n) is 7.69. The van der Waals surface area contributed by atoms with Gasteiger partial charge < -0.3 is 26.4 Å². The predicted molar refractivity (Wildman–Crippen MR) is 96.7 cm³/mol. The average molecular weight is 369 g/mol. The molecule has 2 heterocycles. The zero-order valence-corrected chi connectivity index (χ0v) is 15.6. The summed E-state index contributed by atoms with van der Waals surface area (Å²) >= 11 is 0. The van der Waals surface area contributed by atoms with Crippen molar-refractivity contribution in [3.63, 3.8) is 0 Å². The Morgan fingerprint density at radius 1 is 1.27 bits per heavy atom. The highest BCUT2D eigenvalue weighted by Crippen LogP contribution is 2.11. The lowest BCUT2D eigenvalue weighted by molar-refractivity contribution is -0.136. The first-order valence-electron chi connectivity index (χ1n) is 9.30. The van der Waals surface area contributed by atoms with Crippen LogP contribution < -0.4 is 26.6 Å². The average Bonchev–Trinajstić information content (AvgIpc) is 3.06. The van der Waals surface area contributed by atoms with Crippen LogP contribution in [0.5, 0.6) is 0 Å². The van der Waals surface area contributed by atoms with Gasteiger partial charge in [0.2, 0.25) is 11.8 Å². The fourth-order valence-corrected chi connectivity index (χ4v) is 3.27. The van der Waals surface area contributed by atoms with Crippen LogP contribution in [0.2, 0.25) is 0 Å². The van der Waals surface area contributed by atoms with E-state index in [9.17, 15) is 14.4 Å². The van der Waals surface area contributed by atoms with E-state index < -0.39 is 17.6 Å². The fourth-order valence-electron chi connectivity index (χ4n) is 3.27. The molecule has 2 aliphatic rings. The molecule has 26 heavy (non-hydrogen) atoms. The topological polar surface area (TPSA) is 132 Å². The van der Waals surface area contributed by atoms with E-state index in [4.69, 9.17) is 5.11 Å². The summed E-state index contributed by atoms with van der Waals surface area (Å²) in [7, 11) is 0. The van der Waals surface area contributed by atoms with Crippen molar-refractivity contribution in [3.05, 3.63) is 0 Å². The van der Waals surface area contributed by atoms with Gasteiger partial charge in [0.25, 0.3) is 0 Å². The van der Waals surface area contributed by atoms with Crippen molar-refractivity contribution in [1.82, 2.24) is 26.6 Å². The lowest BCUT2D eigenvalue weighted by Crippen LogP contribution is -2.73. The molecule has 6 N–H and O–H groups in total. The van der Waals surface area contributed by atoms with Gasteiger partial charge in [-0.2, -0.15) is 0 Å². The normalized spacial score (nSPS) is 22.5. The molecule has 0 saturated carbocycles. The minimum absolute atomic E-state index is 0.132. The Kier molecular flexibility index (Phi) is 7.36. The number of carbonyl (C=O) groups is 3. The van der Waals surface area contributed by atoms with Gasteiger partial charge in [0.15, 0.2) is 0 Å². The van der Waals surface area contributed by atoms with Crippen LogP contribution in [0, 0.1) is 5.92 Å². The van der Waals surface area contributed by atoms with E-state index >= 15 is 0 Å². The van der Waals surface area contributed by atoms with Crippen LogP contribution in [-0.2, 0) is 14.4 Å². The third-order valence-corrected chi connectivity index (χ3v) is 4.86. The van der Waals surface area contributed by atoms with Crippen molar-refractivity contribution in [3.8, 4) is 0 Å². The van der Waals surface area contributed by atoms with Crippen molar-refractivity contribution in [2.75, 3.05) is 32.7 Å². The first-order chi connectivity index (χ1) is 12.3. The standard InChI is InChI=1S/C17H31N5O4/c1-11(2)6-13(22-16(26)12-4-3-5-19-12)15(25)20-10-17(8-18-9-17)21-7-14(23)24/h11-13,18-19,21H,3-10H2,1-2H3,(H,20,25)(H,22,26)(H,23,24). The van der Waals surface area contributed by atoms with Gasteiger partial charge in [0.05, 0.1) is 18.1 Å². The number of nitrogens with one attached hydrogen (secondary N) is 5. The van der Waals surface area contributed by atoms with Crippen molar-refractivity contribution >= 4 is 17.8 Å². The molecular formula is C17H31N5O4. The van der Waals surface area contributed by atoms with E-state index in [1.165, 1.54) is 0 Å². The van der Waals surface area contributed by atoms with E-state index in [1.807, 2.05) is 13.8 Å². The number of rotatable bonds is 10. The molecular weight excluding hydrogens is 338 g/mol. The largest absolute Gasteiger partial charge is 0.480 e. The van der Waals surface area contributed by atoms with Crippen molar-refractivity contribution in [2.24, 2.45) is 5.92 Å². The first kappa shape index (κ1) is 20.6. The van der Waals surface area contributed by atoms with Crippen LogP contribution in [0.1, 0.15) is 33.1 Å². The Balaban J connectivity index is 1.88. The Labute approximate surface area is 154 Å². The maximum atomic E-state index is 12.6. The zero-order chi connectivity index (χ0) is 19.2. The van der Waals surface area contributed by atoms with Crippen molar-refractivity contribution in [2.45, 2.75) is 50.7 Å². The monoisotopic (exact) mass is 369 g/mol. The van der Waals surface area contributed by atoms with Crippen LogP contribution in [0.15, 0.2) is 0 Å². The number of carboxylic acid groups (broad SMARTS) is 1. The third-order valence-electron chi connectivity index (χ3n) is 4.86. The van der Waals surface area contributed by atoms with Crippen molar-refractivity contribution < 1.29 is 19.5 Å². The summed E-state index contributed by atoms with van der Waals surface area (Å²) in [6, 6.07) is -0.814. The Morgan fingerprint density at radius 2 is 2.00 bits per heavy atom. The molecule has 9 heteroatoms. The summed E-state index contributed by atoms with van der Waals surface area (Å²) in [5, 5.41) is 23.8. The van der Waals surface area contributed by atoms with Crippen LogP contribution >= 0.6 is 0 Å². The van der Waals surface area contributed by atoms with E-state index in [1.54, 1.807) is 0 Å². The lowest BCUT2D eigenvalue weighted by Gasteiger charge is -2.43. The summed E-state index contributed by atoms with van der Waals surface area (Å²) in [5.74, 6) is -1.04. The molecule has 0 bridgehead atoms. The van der Waals surface area contributed by atoms with Gasteiger partial charge in [-0.25, -0.2) is 0 Å². The Hall–Kier alpha value is -1.71. The van der Waals surface area contributed by atoms with Gasteiger partial charge in [-0.15, -0.1) is 0 Å². The van der Waals surface area contributed by atoms with Crippen LogP contribution in [0.25, 0.3) is 0 Å². The molecule has 0 aromatic carbocycles. The van der Waals surface area contributed by atoms with Gasteiger partial charge >= 0.3 is 5.97 Å². The highest BCUT2D eigenvalue weighted by atomic mass is 16.4. The minimum atomic E-state index is -0.934. The third kappa shape index (κ3) is 5.93. The summed E-state index contributed by atoms with van der Waals surface area (Å²) in [4.78, 5) is 35.8. The van der Waals surface area contributed by atoms with Gasteiger partial charge in [-0.05, 0) is 31.7 Å². The highest BCUT2D eigenvalue weighted by Gasteiger charge is 2.38. The van der Waals surface area contributed by atoms with Crippen LogP contribution in [-0.4, -0.2) is 73.2 Å². The van der Waals surface area contributed by atoms with E-state index in [0.29, 0.717) is 26.1 Å². The quantitative estimate of drug-likeness (QED) is 0.273. The number of carboxylic acids is 1. The van der Waals surface area contributed by atoms with E-state index in [-0.39, 0.29) is 30.3 Å². The van der Waals surface area contributed by atoms with E-state index in [0.717, 1.165) is 19.4 Å². The zero-order valence-electron chi connectivity index (χ0n) is 15.6. The molecule has 2 atom stereocenters. The molecule has 2 unspecified atom stereocenters. The van der Waals surface area contributed by atoms with Gasteiger partial charge in [-0.1, -0.05) is 13.8 Å². The Bertz CT molecular complexity index is 515. The number of hydrogen-bond donors (Lipinski definition) is 6. The lowest BCUT2D eigenvalue weighted by atomic mass is 9.92. The molecule has 0 spiro atoms. The molecule has 0 radical (unpaired) electrons. The predicted octanol–water partition coefficient (Wildman–Crippen LogP) is -1.60. The molecule has 0 aliphatic carbocycles. The smallest absolute Gasteiger partial charge is 0.317 e. The molecule has 148 valence electrons. The summed E-state index contributed by atoms with van der Waals surface area (Å²) < 4.78 is 0. The SMILES string of the molecule is CC(C)CC(NC(=O)C1CCCN1)C(=O)NCC1(NCC(=O)O)CNC1.